The largest absolute Gasteiger partial charge is 0.496 e. The van der Waals surface area contributed by atoms with Gasteiger partial charge in [0.25, 0.3) is 23.6 Å². The highest BCUT2D eigenvalue weighted by molar-refractivity contribution is 6.04. The van der Waals surface area contributed by atoms with Crippen molar-refractivity contribution in [2.24, 2.45) is 11.5 Å². The molecule has 2 aromatic carbocycles. The molecule has 0 spiro atoms. The average Bonchev–Trinajstić information content (AvgIpc) is 2.92. The van der Waals surface area contributed by atoms with Crippen LogP contribution < -0.4 is 41.0 Å². The quantitative estimate of drug-likeness (QED) is 0.357. The first-order valence-electron chi connectivity index (χ1n) is 11.9. The van der Waals surface area contributed by atoms with Gasteiger partial charge in [-0.05, 0) is 37.8 Å². The number of nitrogens with one attached hydrogen (secondary N) is 2. The fourth-order valence-electron chi connectivity index (χ4n) is 4.45. The van der Waals surface area contributed by atoms with Crippen LogP contribution >= 0.6 is 0 Å². The summed E-state index contributed by atoms with van der Waals surface area (Å²) in [5, 5.41) is 5.92. The molecule has 0 atom stereocenters. The molecule has 0 saturated heterocycles. The molecule has 204 valence electrons. The fourth-order valence-corrected chi connectivity index (χ4v) is 4.45. The lowest BCUT2D eigenvalue weighted by Gasteiger charge is -2.30. The highest BCUT2D eigenvalue weighted by Crippen LogP contribution is 2.31. The highest BCUT2D eigenvalue weighted by Gasteiger charge is 2.28. The first-order valence-corrected chi connectivity index (χ1v) is 11.9. The van der Waals surface area contributed by atoms with Gasteiger partial charge in [-0.25, -0.2) is 0 Å². The number of hydrogen-bond acceptors (Lipinski definition) is 8. The average molecular weight is 529 g/mol. The lowest BCUT2D eigenvalue weighted by molar-refractivity contribution is 0.0888. The zero-order valence-electron chi connectivity index (χ0n) is 21.7. The summed E-state index contributed by atoms with van der Waals surface area (Å²) in [5.41, 5.74) is 11.3. The number of benzene rings is 2. The summed E-state index contributed by atoms with van der Waals surface area (Å²) in [6, 6.07) is 5.28. The number of amides is 4. The summed E-state index contributed by atoms with van der Waals surface area (Å²) >= 11 is 0. The zero-order chi connectivity index (χ0) is 28.0. The molecule has 38 heavy (non-hydrogen) atoms. The van der Waals surface area contributed by atoms with Crippen molar-refractivity contribution in [3.63, 3.8) is 0 Å². The van der Waals surface area contributed by atoms with Gasteiger partial charge >= 0.3 is 0 Å². The molecule has 0 bridgehead atoms. The van der Waals surface area contributed by atoms with E-state index in [0.717, 1.165) is 0 Å². The van der Waals surface area contributed by atoms with E-state index < -0.39 is 23.6 Å². The lowest BCUT2D eigenvalue weighted by Crippen LogP contribution is -2.44. The molecule has 1 saturated carbocycles. The minimum Gasteiger partial charge on any atom is -0.496 e. The molecule has 2 aromatic rings. The number of carbonyl (C=O) groups excluding carboxylic acids is 4. The monoisotopic (exact) mass is 528 g/mol. The van der Waals surface area contributed by atoms with E-state index >= 15 is 0 Å². The van der Waals surface area contributed by atoms with Gasteiger partial charge in [-0.2, -0.15) is 0 Å². The Morgan fingerprint density at radius 2 is 0.868 bits per heavy atom. The molecule has 0 unspecified atom stereocenters. The molecule has 0 radical (unpaired) electrons. The van der Waals surface area contributed by atoms with E-state index in [1.807, 2.05) is 0 Å². The zero-order valence-corrected chi connectivity index (χ0v) is 21.7. The second-order valence-electron chi connectivity index (χ2n) is 8.73. The Bertz CT molecular complexity index is 1140. The van der Waals surface area contributed by atoms with Crippen molar-refractivity contribution in [2.75, 3.05) is 28.4 Å². The van der Waals surface area contributed by atoms with E-state index in [-0.39, 0.29) is 57.3 Å². The maximum atomic E-state index is 13.0. The first kappa shape index (κ1) is 28.1. The Morgan fingerprint density at radius 1 is 0.579 bits per heavy atom. The van der Waals surface area contributed by atoms with Gasteiger partial charge in [0, 0.05) is 24.2 Å². The van der Waals surface area contributed by atoms with Crippen molar-refractivity contribution in [2.45, 2.75) is 37.8 Å². The number of hydrogen-bond donors (Lipinski definition) is 4. The summed E-state index contributed by atoms with van der Waals surface area (Å²) in [4.78, 5) is 49.6. The highest BCUT2D eigenvalue weighted by atomic mass is 16.5. The molecule has 12 nitrogen and oxygen atoms in total. The molecule has 0 aliphatic heterocycles. The normalized spacial score (nSPS) is 16.6. The van der Waals surface area contributed by atoms with Gasteiger partial charge in [0.1, 0.15) is 23.0 Å². The molecule has 0 heterocycles. The summed E-state index contributed by atoms with van der Waals surface area (Å²) < 4.78 is 20.9. The Labute approximate surface area is 219 Å². The molecule has 6 N–H and O–H groups in total. The van der Waals surface area contributed by atoms with Crippen LogP contribution in [-0.4, -0.2) is 64.2 Å². The van der Waals surface area contributed by atoms with Gasteiger partial charge in [0.15, 0.2) is 0 Å². The third kappa shape index (κ3) is 6.07. The smallest absolute Gasteiger partial charge is 0.255 e. The summed E-state index contributed by atoms with van der Waals surface area (Å²) in [5.74, 6) is -1.39. The number of ether oxygens (including phenoxy) is 4. The number of primary amides is 2. The van der Waals surface area contributed by atoms with Crippen LogP contribution in [0.25, 0.3) is 0 Å². The van der Waals surface area contributed by atoms with Crippen LogP contribution in [0.2, 0.25) is 0 Å². The maximum Gasteiger partial charge on any atom is 0.255 e. The van der Waals surface area contributed by atoms with Crippen LogP contribution in [0, 0.1) is 0 Å². The van der Waals surface area contributed by atoms with E-state index in [1.165, 1.54) is 52.7 Å². The van der Waals surface area contributed by atoms with Gasteiger partial charge in [0.2, 0.25) is 0 Å². The van der Waals surface area contributed by atoms with Gasteiger partial charge in [-0.3, -0.25) is 19.2 Å². The molecule has 12 heteroatoms. The number of nitrogens with two attached hydrogens (primary N) is 2. The lowest BCUT2D eigenvalue weighted by atomic mass is 9.90. The van der Waals surface area contributed by atoms with Crippen molar-refractivity contribution in [1.82, 2.24) is 10.6 Å². The minimum absolute atomic E-state index is 0.0679. The van der Waals surface area contributed by atoms with Crippen LogP contribution in [0.4, 0.5) is 0 Å². The van der Waals surface area contributed by atoms with Gasteiger partial charge in [0.05, 0.1) is 50.7 Å². The Hall–Kier alpha value is -4.48. The topological polar surface area (TPSA) is 181 Å². The maximum absolute atomic E-state index is 13.0. The van der Waals surface area contributed by atoms with Crippen LogP contribution in [0.5, 0.6) is 23.0 Å². The molecule has 4 amide bonds. The van der Waals surface area contributed by atoms with Gasteiger partial charge < -0.3 is 41.0 Å². The molecule has 3 rings (SSSR count). The van der Waals surface area contributed by atoms with Gasteiger partial charge in [-0.1, -0.05) is 0 Å². The second-order valence-corrected chi connectivity index (χ2v) is 8.73. The summed E-state index contributed by atoms with van der Waals surface area (Å²) in [7, 11) is 5.60. The molecule has 1 fully saturated rings. The number of rotatable bonds is 10. The first-order chi connectivity index (χ1) is 18.1. The Morgan fingerprint density at radius 3 is 1.13 bits per heavy atom. The Kier molecular flexibility index (Phi) is 9.00. The Balaban J connectivity index is 1.66. The molecule has 1 aliphatic carbocycles. The van der Waals surface area contributed by atoms with Crippen molar-refractivity contribution in [3.05, 3.63) is 46.5 Å². The molecular weight excluding hydrogens is 496 g/mol. The van der Waals surface area contributed by atoms with Crippen molar-refractivity contribution in [3.8, 4) is 23.0 Å². The van der Waals surface area contributed by atoms with E-state index in [2.05, 4.69) is 10.6 Å². The second kappa shape index (κ2) is 12.2. The van der Waals surface area contributed by atoms with E-state index in [1.54, 1.807) is 0 Å². The standard InChI is InChI=1S/C26H32N4O8/c1-35-19-11-21(37-3)17(9-15(19)23(27)31)25(33)29-13-5-7-14(8-6-13)30-26(34)18-10-16(24(28)32)20(36-2)12-22(18)38-4/h9-14H,5-8H2,1-4H3,(H2,27,31)(H2,28,32)(H,29,33)(H,30,34). The van der Waals surface area contributed by atoms with E-state index in [0.29, 0.717) is 25.7 Å². The van der Waals surface area contributed by atoms with Crippen LogP contribution in [0.15, 0.2) is 24.3 Å². The molecule has 0 aromatic heterocycles. The van der Waals surface area contributed by atoms with Crippen LogP contribution in [-0.2, 0) is 0 Å². The van der Waals surface area contributed by atoms with Crippen LogP contribution in [0.3, 0.4) is 0 Å². The molecule has 1 aliphatic rings. The number of methoxy groups -OCH3 is 4. The third-order valence-corrected chi connectivity index (χ3v) is 6.46. The SMILES string of the molecule is COc1cc(OC)c(C(=O)NC2CCC(NC(=O)c3cc(C(N)=O)c(OC)cc3OC)CC2)cc1C(N)=O. The van der Waals surface area contributed by atoms with Crippen LogP contribution in [0.1, 0.15) is 67.1 Å². The summed E-state index contributed by atoms with van der Waals surface area (Å²) in [6.07, 6.45) is 2.41. The van der Waals surface area contributed by atoms with Crippen molar-refractivity contribution >= 4 is 23.6 Å². The van der Waals surface area contributed by atoms with E-state index in [9.17, 15) is 19.2 Å². The van der Waals surface area contributed by atoms with Crippen molar-refractivity contribution in [1.29, 1.82) is 0 Å². The van der Waals surface area contributed by atoms with Crippen molar-refractivity contribution < 1.29 is 38.1 Å². The minimum atomic E-state index is -0.730. The number of carbonyl (C=O) groups is 4. The molecular formula is C26H32N4O8. The third-order valence-electron chi connectivity index (χ3n) is 6.46. The predicted octanol–water partition coefficient (Wildman–Crippen LogP) is 1.39. The van der Waals surface area contributed by atoms with Gasteiger partial charge in [-0.15, -0.1) is 0 Å². The summed E-state index contributed by atoms with van der Waals surface area (Å²) in [6.45, 7) is 0. The van der Waals surface area contributed by atoms with E-state index in [4.69, 9.17) is 30.4 Å². The fraction of sp³-hybridized carbons (Fsp3) is 0.385. The predicted molar refractivity (Wildman–Crippen MR) is 137 cm³/mol.